The average Bonchev–Trinajstić information content (AvgIpc) is 3.40. The van der Waals surface area contributed by atoms with Crippen LogP contribution < -0.4 is 76.1 Å². The average molecular weight is 1150 g/mol. The van der Waals surface area contributed by atoms with Gasteiger partial charge >= 0.3 is 0 Å². The van der Waals surface area contributed by atoms with Gasteiger partial charge in [-0.1, -0.05) is 78.3 Å². The van der Waals surface area contributed by atoms with Crippen LogP contribution in [0.25, 0.3) is 0 Å². The molecule has 0 bridgehead atoms. The summed E-state index contributed by atoms with van der Waals surface area (Å²) in [5, 5.41) is 44.9. The number of carbonyl (C=O) groups is 12. The highest BCUT2D eigenvalue weighted by atomic mass is 16.3. The fourth-order valence-electron chi connectivity index (χ4n) is 7.83. The standard InChI is InChI=1S/C52H87N15O14/c1-11-27(6)40(66-47(77)35(21-26(4)5)62-43(73)29(8)59-51(81)41(30(9)69)67-48(78)37(23-39(53)71)64-49(79)38(24-68)60-31(10)70)50(80)65-36(22-32-16-13-12-14-17-32)46(76)61-33(18-15-19-57-52(55)56)44(74)63-34(20-25(2)3)45(75)58-28(7)42(54)72/h12-14,16-17,25-30,33-38,40-41,68-69H,11,15,18-24H2,1-10H3,(H2,53,71)(H2,54,72)(H,58,75)(H,59,81)(H,60,70)(H,61,76)(H,62,73)(H,63,74)(H,64,79)(H,65,80)(H,66,77)(H,67,78)(H4,55,56,57)/t27-,28+,29-,30+,33+,34+,35-,36-,37+,38+,40+,41+/m0/s1. The highest BCUT2D eigenvalue weighted by molar-refractivity contribution is 5.99. The van der Waals surface area contributed by atoms with Crippen molar-refractivity contribution in [2.24, 2.45) is 45.7 Å². The Kier molecular flexibility index (Phi) is 31.3. The van der Waals surface area contributed by atoms with Gasteiger partial charge in [-0.3, -0.25) is 62.5 Å². The van der Waals surface area contributed by atoms with Crippen molar-refractivity contribution in [2.45, 2.75) is 181 Å². The number of nitrogens with two attached hydrogens (primary N) is 4. The predicted octanol–water partition coefficient (Wildman–Crippen LogP) is -4.94. The Balaban J connectivity index is 3.53. The number of aliphatic imine (C=N–C) groups is 1. The summed E-state index contributed by atoms with van der Waals surface area (Å²) in [4.78, 5) is 163. The van der Waals surface area contributed by atoms with Crippen LogP contribution in [0.3, 0.4) is 0 Å². The zero-order chi connectivity index (χ0) is 61.8. The van der Waals surface area contributed by atoms with Gasteiger partial charge in [0.2, 0.25) is 70.9 Å². The summed E-state index contributed by atoms with van der Waals surface area (Å²) in [6, 6.07) is -5.52. The number of primary amides is 2. The molecule has 1 aromatic rings. The quantitative estimate of drug-likeness (QED) is 0.0170. The molecule has 1 aromatic carbocycles. The van der Waals surface area contributed by atoms with E-state index in [2.05, 4.69) is 58.2 Å². The Morgan fingerprint density at radius 1 is 0.519 bits per heavy atom. The highest BCUT2D eigenvalue weighted by Crippen LogP contribution is 2.14. The molecule has 20 N–H and O–H groups in total. The summed E-state index contributed by atoms with van der Waals surface area (Å²) < 4.78 is 0. The lowest BCUT2D eigenvalue weighted by Crippen LogP contribution is -2.62. The van der Waals surface area contributed by atoms with Gasteiger partial charge in [-0.05, 0) is 69.8 Å². The lowest BCUT2D eigenvalue weighted by molar-refractivity contribution is -0.137. The second-order valence-electron chi connectivity index (χ2n) is 20.8. The minimum atomic E-state index is -1.81. The van der Waals surface area contributed by atoms with Crippen molar-refractivity contribution < 1.29 is 67.7 Å². The summed E-state index contributed by atoms with van der Waals surface area (Å²) in [6.45, 7) is 14.6. The van der Waals surface area contributed by atoms with Crippen LogP contribution in [0.1, 0.15) is 113 Å². The van der Waals surface area contributed by atoms with Gasteiger partial charge in [0.15, 0.2) is 5.96 Å². The van der Waals surface area contributed by atoms with E-state index in [9.17, 15) is 67.7 Å². The Morgan fingerprint density at radius 3 is 1.46 bits per heavy atom. The first-order valence-electron chi connectivity index (χ1n) is 26.8. The van der Waals surface area contributed by atoms with Gasteiger partial charge in [-0.25, -0.2) is 0 Å². The Labute approximate surface area is 471 Å². The third-order valence-corrected chi connectivity index (χ3v) is 12.5. The Bertz CT molecular complexity index is 2350. The fourth-order valence-corrected chi connectivity index (χ4v) is 7.83. The first kappa shape index (κ1) is 71.1. The number of hydrogen-bond acceptors (Lipinski definition) is 15. The van der Waals surface area contributed by atoms with E-state index in [1.54, 1.807) is 58.0 Å². The van der Waals surface area contributed by atoms with Crippen molar-refractivity contribution >= 4 is 76.8 Å². The maximum atomic E-state index is 14.5. The molecule has 81 heavy (non-hydrogen) atoms. The minimum absolute atomic E-state index is 0.0149. The first-order valence-corrected chi connectivity index (χ1v) is 26.8. The summed E-state index contributed by atoms with van der Waals surface area (Å²) in [7, 11) is 0. The van der Waals surface area contributed by atoms with Gasteiger partial charge in [0.1, 0.15) is 60.4 Å². The molecule has 1 rings (SSSR count). The fraction of sp³-hybridized carbons (Fsp3) is 0.635. The van der Waals surface area contributed by atoms with Gasteiger partial charge < -0.3 is 86.3 Å². The van der Waals surface area contributed by atoms with Crippen LogP contribution in [0.4, 0.5) is 0 Å². The van der Waals surface area contributed by atoms with E-state index in [0.29, 0.717) is 12.0 Å². The van der Waals surface area contributed by atoms with Crippen LogP contribution in [0.15, 0.2) is 35.3 Å². The van der Waals surface area contributed by atoms with Crippen LogP contribution in [-0.4, -0.2) is 167 Å². The number of carbonyl (C=O) groups excluding carboxylic acids is 12. The molecule has 0 saturated heterocycles. The molecule has 454 valence electrons. The minimum Gasteiger partial charge on any atom is -0.394 e. The SMILES string of the molecule is CC[C@H](C)[C@@H](NC(=O)[C@H](CC(C)C)NC(=O)[C@H](C)NC(=O)[C@H](NC(=O)[C@@H](CC(N)=O)NC(=O)[C@@H](CO)NC(C)=O)[C@@H](C)O)C(=O)N[C@@H](Cc1ccccc1)C(=O)N[C@H](CCCN=C(N)N)C(=O)N[C@H](CC(C)C)C(=O)N[C@H](C)C(N)=O. The van der Waals surface area contributed by atoms with Crippen LogP contribution in [0, 0.1) is 17.8 Å². The predicted molar refractivity (Wildman–Crippen MR) is 297 cm³/mol. The van der Waals surface area contributed by atoms with Gasteiger partial charge in [-0.15, -0.1) is 0 Å². The number of rotatable bonds is 36. The molecular weight excluding hydrogens is 1060 g/mol. The molecule has 0 aliphatic rings. The van der Waals surface area contributed by atoms with Crippen molar-refractivity contribution in [3.63, 3.8) is 0 Å². The maximum absolute atomic E-state index is 14.5. The monoisotopic (exact) mass is 1150 g/mol. The molecule has 0 heterocycles. The molecule has 0 fully saturated rings. The smallest absolute Gasteiger partial charge is 0.245 e. The van der Waals surface area contributed by atoms with Crippen LogP contribution in [0.2, 0.25) is 0 Å². The summed E-state index contributed by atoms with van der Waals surface area (Å²) in [6.07, 6.45) is -1.93. The second kappa shape index (κ2) is 35.6. The molecule has 29 nitrogen and oxygen atoms in total. The van der Waals surface area contributed by atoms with E-state index in [1.165, 1.54) is 13.8 Å². The first-order chi connectivity index (χ1) is 37.8. The number of guanidine groups is 1. The van der Waals surface area contributed by atoms with Crippen LogP contribution >= 0.6 is 0 Å². The summed E-state index contributed by atoms with van der Waals surface area (Å²) in [5.74, 6) is -11.9. The number of nitrogens with zero attached hydrogens (tertiary/aromatic N) is 1. The molecule has 29 heteroatoms. The van der Waals surface area contributed by atoms with E-state index in [4.69, 9.17) is 22.9 Å². The molecule has 0 aliphatic carbocycles. The maximum Gasteiger partial charge on any atom is 0.245 e. The van der Waals surface area contributed by atoms with Crippen molar-refractivity contribution in [3.05, 3.63) is 35.9 Å². The van der Waals surface area contributed by atoms with Crippen LogP contribution in [-0.2, 0) is 64.0 Å². The number of benzene rings is 1. The number of aliphatic hydroxyl groups is 2. The summed E-state index contributed by atoms with van der Waals surface area (Å²) in [5.41, 5.74) is 22.3. The molecular formula is C52H87N15O14. The van der Waals surface area contributed by atoms with Crippen molar-refractivity contribution in [1.82, 2.24) is 53.2 Å². The Hall–Kier alpha value is -7.95. The van der Waals surface area contributed by atoms with Crippen molar-refractivity contribution in [2.75, 3.05) is 13.2 Å². The third kappa shape index (κ3) is 26.7. The van der Waals surface area contributed by atoms with E-state index in [-0.39, 0.29) is 56.4 Å². The molecule has 0 aromatic heterocycles. The Morgan fingerprint density at radius 2 is 0.963 bits per heavy atom. The normalized spacial score (nSPS) is 15.5. The molecule has 0 radical (unpaired) electrons. The van der Waals surface area contributed by atoms with Gasteiger partial charge in [0, 0.05) is 19.9 Å². The van der Waals surface area contributed by atoms with Crippen molar-refractivity contribution in [3.8, 4) is 0 Å². The summed E-state index contributed by atoms with van der Waals surface area (Å²) >= 11 is 0. The van der Waals surface area contributed by atoms with Crippen LogP contribution in [0.5, 0.6) is 0 Å². The van der Waals surface area contributed by atoms with E-state index in [0.717, 1.165) is 13.8 Å². The lowest BCUT2D eigenvalue weighted by Gasteiger charge is -2.30. The number of nitrogens with one attached hydrogen (secondary N) is 10. The molecule has 0 saturated carbocycles. The number of amides is 12. The molecule has 0 unspecified atom stereocenters. The molecule has 12 amide bonds. The zero-order valence-corrected chi connectivity index (χ0v) is 47.9. The van der Waals surface area contributed by atoms with Gasteiger partial charge in [0.25, 0.3) is 0 Å². The third-order valence-electron chi connectivity index (χ3n) is 12.5. The van der Waals surface area contributed by atoms with E-state index >= 15 is 0 Å². The van der Waals surface area contributed by atoms with Gasteiger partial charge in [-0.2, -0.15) is 0 Å². The highest BCUT2D eigenvalue weighted by Gasteiger charge is 2.37. The van der Waals surface area contributed by atoms with Gasteiger partial charge in [0.05, 0.1) is 19.1 Å². The number of hydrogen-bond donors (Lipinski definition) is 16. The molecule has 0 aliphatic heterocycles. The van der Waals surface area contributed by atoms with E-state index in [1.807, 2.05) is 13.8 Å². The zero-order valence-electron chi connectivity index (χ0n) is 47.9. The lowest BCUT2D eigenvalue weighted by atomic mass is 9.95. The molecule has 12 atom stereocenters. The second-order valence-corrected chi connectivity index (χ2v) is 20.8. The number of aliphatic hydroxyl groups excluding tert-OH is 2. The topological polar surface area (TPSA) is 482 Å². The van der Waals surface area contributed by atoms with Crippen molar-refractivity contribution in [1.29, 1.82) is 0 Å². The largest absolute Gasteiger partial charge is 0.394 e. The molecule has 0 spiro atoms. The van der Waals surface area contributed by atoms with E-state index < -0.39 is 156 Å².